The van der Waals surface area contributed by atoms with Gasteiger partial charge in [0.15, 0.2) is 0 Å². The van der Waals surface area contributed by atoms with Gasteiger partial charge in [0, 0.05) is 19.2 Å². The van der Waals surface area contributed by atoms with Crippen molar-refractivity contribution >= 4 is 17.5 Å². The van der Waals surface area contributed by atoms with E-state index < -0.39 is 0 Å². The monoisotopic (exact) mass is 350 g/mol. The van der Waals surface area contributed by atoms with E-state index in [4.69, 9.17) is 21.1 Å². The van der Waals surface area contributed by atoms with E-state index in [1.807, 2.05) is 0 Å². The van der Waals surface area contributed by atoms with Crippen LogP contribution in [0.2, 0.25) is 5.02 Å². The highest BCUT2D eigenvalue weighted by atomic mass is 35.5. The maximum atomic E-state index is 12.8. The molecule has 1 N–H and O–H groups in total. The Morgan fingerprint density at radius 3 is 2.88 bits per heavy atom. The minimum atomic E-state index is -0.315. The molecule has 1 aromatic heterocycles. The minimum Gasteiger partial charge on any atom is -0.471 e. The number of nitrogens with zero attached hydrogens (tertiary/aromatic N) is 1. The number of carbonyl (C=O) groups excluding carboxylic acids is 1. The summed E-state index contributed by atoms with van der Waals surface area (Å²) in [6.07, 6.45) is 2.14. The molecule has 7 heteroatoms. The number of ether oxygens (including phenoxy) is 2. The Hall–Kier alpha value is -2.18. The van der Waals surface area contributed by atoms with E-state index >= 15 is 0 Å². The maximum absolute atomic E-state index is 12.8. The first-order valence-electron chi connectivity index (χ1n) is 7.54. The predicted molar refractivity (Wildman–Crippen MR) is 86.7 cm³/mol. The molecule has 2 heterocycles. The lowest BCUT2D eigenvalue weighted by Gasteiger charge is -2.12. The molecule has 0 spiro atoms. The van der Waals surface area contributed by atoms with Crippen LogP contribution < -0.4 is 10.1 Å². The number of carbonyl (C=O) groups is 1. The average Bonchev–Trinajstić information content (AvgIpc) is 3.09. The van der Waals surface area contributed by atoms with E-state index in [1.54, 1.807) is 12.1 Å². The third-order valence-corrected chi connectivity index (χ3v) is 3.87. The highest BCUT2D eigenvalue weighted by Crippen LogP contribution is 2.25. The lowest BCUT2D eigenvalue weighted by Crippen LogP contribution is -2.23. The second-order valence-electron chi connectivity index (χ2n) is 5.42. The van der Waals surface area contributed by atoms with Crippen LogP contribution >= 0.6 is 11.6 Å². The van der Waals surface area contributed by atoms with Crippen molar-refractivity contribution in [1.29, 1.82) is 0 Å². The predicted octanol–water partition coefficient (Wildman–Crippen LogP) is 2.97. The first-order chi connectivity index (χ1) is 11.6. The van der Waals surface area contributed by atoms with Gasteiger partial charge in [0.2, 0.25) is 5.88 Å². The van der Waals surface area contributed by atoms with Crippen LogP contribution in [0.5, 0.6) is 5.88 Å². The number of hydrogen-bond acceptors (Lipinski definition) is 4. The molecule has 0 bridgehead atoms. The molecule has 24 heavy (non-hydrogen) atoms. The Kier molecular flexibility index (Phi) is 5.27. The fourth-order valence-electron chi connectivity index (χ4n) is 2.29. The van der Waals surface area contributed by atoms with Gasteiger partial charge in [-0.3, -0.25) is 4.79 Å². The molecular formula is C17H16ClFN2O3. The van der Waals surface area contributed by atoms with E-state index in [9.17, 15) is 9.18 Å². The summed E-state index contributed by atoms with van der Waals surface area (Å²) in [6.45, 7) is 1.46. The number of amides is 1. The molecule has 1 atom stereocenters. The average molecular weight is 351 g/mol. The number of halogens is 2. The van der Waals surface area contributed by atoms with Crippen molar-refractivity contribution in [2.75, 3.05) is 13.2 Å². The number of aromatic nitrogens is 1. The summed E-state index contributed by atoms with van der Waals surface area (Å²) in [7, 11) is 0. The van der Waals surface area contributed by atoms with Gasteiger partial charge in [-0.25, -0.2) is 9.37 Å². The summed E-state index contributed by atoms with van der Waals surface area (Å²) < 4.78 is 23.7. The van der Waals surface area contributed by atoms with Gasteiger partial charge in [-0.15, -0.1) is 0 Å². The number of rotatable bonds is 5. The highest BCUT2D eigenvalue weighted by molar-refractivity contribution is 6.32. The summed E-state index contributed by atoms with van der Waals surface area (Å²) in [6, 6.07) is 7.43. The van der Waals surface area contributed by atoms with Gasteiger partial charge in [-0.1, -0.05) is 23.7 Å². The van der Waals surface area contributed by atoms with Gasteiger partial charge in [0.1, 0.15) is 16.9 Å². The first-order valence-corrected chi connectivity index (χ1v) is 7.92. The molecule has 0 radical (unpaired) electrons. The molecule has 1 amide bonds. The smallest absolute Gasteiger partial charge is 0.253 e. The Balaban J connectivity index is 1.60. The second kappa shape index (κ2) is 7.59. The zero-order valence-electron chi connectivity index (χ0n) is 12.8. The summed E-state index contributed by atoms with van der Waals surface area (Å²) >= 11 is 6.14. The van der Waals surface area contributed by atoms with Crippen molar-refractivity contribution in [3.8, 4) is 5.88 Å². The molecule has 3 rings (SSSR count). The lowest BCUT2D eigenvalue weighted by molar-refractivity contribution is 0.0950. The Bertz CT molecular complexity index is 718. The molecule has 1 saturated heterocycles. The molecular weight excluding hydrogens is 335 g/mol. The quantitative estimate of drug-likeness (QED) is 0.900. The van der Waals surface area contributed by atoms with Crippen LogP contribution in [0.4, 0.5) is 4.39 Å². The summed E-state index contributed by atoms with van der Waals surface area (Å²) in [5, 5.41) is 3.01. The van der Waals surface area contributed by atoms with E-state index in [2.05, 4.69) is 10.3 Å². The van der Waals surface area contributed by atoms with Crippen molar-refractivity contribution in [3.63, 3.8) is 0 Å². The van der Waals surface area contributed by atoms with Crippen molar-refractivity contribution in [2.45, 2.75) is 19.1 Å². The first kappa shape index (κ1) is 16.7. The highest BCUT2D eigenvalue weighted by Gasteiger charge is 2.20. The van der Waals surface area contributed by atoms with Crippen molar-refractivity contribution < 1.29 is 18.7 Å². The zero-order valence-corrected chi connectivity index (χ0v) is 13.6. The maximum Gasteiger partial charge on any atom is 0.253 e. The van der Waals surface area contributed by atoms with Crippen molar-refractivity contribution in [1.82, 2.24) is 10.3 Å². The topological polar surface area (TPSA) is 60.5 Å². The van der Waals surface area contributed by atoms with Gasteiger partial charge >= 0.3 is 0 Å². The van der Waals surface area contributed by atoms with Gasteiger partial charge < -0.3 is 14.8 Å². The second-order valence-corrected chi connectivity index (χ2v) is 5.83. The molecule has 0 saturated carbocycles. The third kappa shape index (κ3) is 4.21. The van der Waals surface area contributed by atoms with Crippen LogP contribution in [0.15, 0.2) is 36.5 Å². The van der Waals surface area contributed by atoms with E-state index in [0.717, 1.165) is 12.0 Å². The van der Waals surface area contributed by atoms with Gasteiger partial charge in [0.05, 0.1) is 18.8 Å². The number of pyridine rings is 1. The molecule has 1 unspecified atom stereocenters. The summed E-state index contributed by atoms with van der Waals surface area (Å²) in [4.78, 5) is 16.3. The van der Waals surface area contributed by atoms with Crippen LogP contribution in [-0.4, -0.2) is 30.2 Å². The van der Waals surface area contributed by atoms with Crippen LogP contribution in [-0.2, 0) is 11.3 Å². The lowest BCUT2D eigenvalue weighted by atomic mass is 10.2. The molecule has 1 aliphatic rings. The van der Waals surface area contributed by atoms with Crippen LogP contribution in [0.25, 0.3) is 0 Å². The van der Waals surface area contributed by atoms with Gasteiger partial charge in [0.25, 0.3) is 5.91 Å². The summed E-state index contributed by atoms with van der Waals surface area (Å²) in [5.41, 5.74) is 1.13. The van der Waals surface area contributed by atoms with E-state index in [-0.39, 0.29) is 29.4 Å². The number of nitrogens with one attached hydrogen (secondary N) is 1. The van der Waals surface area contributed by atoms with Crippen LogP contribution in [0.3, 0.4) is 0 Å². The van der Waals surface area contributed by atoms with Gasteiger partial charge in [-0.05, 0) is 23.8 Å². The Morgan fingerprint density at radius 1 is 1.42 bits per heavy atom. The SMILES string of the molecule is O=C(NCc1ccc(F)cc1)c1cnc(OC2CCOC2)c(Cl)c1. The fraction of sp³-hybridized carbons (Fsp3) is 0.294. The summed E-state index contributed by atoms with van der Waals surface area (Å²) in [5.74, 6) is -0.337. The Labute approximate surface area is 143 Å². The zero-order chi connectivity index (χ0) is 16.9. The molecule has 2 aromatic rings. The molecule has 1 fully saturated rings. The largest absolute Gasteiger partial charge is 0.471 e. The van der Waals surface area contributed by atoms with Crippen LogP contribution in [0.1, 0.15) is 22.3 Å². The minimum absolute atomic E-state index is 0.0619. The third-order valence-electron chi connectivity index (χ3n) is 3.60. The molecule has 126 valence electrons. The number of hydrogen-bond donors (Lipinski definition) is 1. The molecule has 5 nitrogen and oxygen atoms in total. The van der Waals surface area contributed by atoms with E-state index in [0.29, 0.717) is 24.7 Å². The van der Waals surface area contributed by atoms with Crippen molar-refractivity contribution in [2.24, 2.45) is 0 Å². The molecule has 0 aliphatic carbocycles. The molecule has 1 aliphatic heterocycles. The van der Waals surface area contributed by atoms with Gasteiger partial charge in [-0.2, -0.15) is 0 Å². The number of benzene rings is 1. The van der Waals surface area contributed by atoms with Crippen molar-refractivity contribution in [3.05, 3.63) is 58.5 Å². The fourth-order valence-corrected chi connectivity index (χ4v) is 2.50. The standard InChI is InChI=1S/C17H16ClFN2O3/c18-15-7-12(9-21-17(15)24-14-5-6-23-10-14)16(22)20-8-11-1-3-13(19)4-2-11/h1-4,7,9,14H,5-6,8,10H2,(H,20,22). The van der Waals surface area contributed by atoms with Crippen LogP contribution in [0, 0.1) is 5.82 Å². The Morgan fingerprint density at radius 2 is 2.21 bits per heavy atom. The molecule has 1 aromatic carbocycles. The van der Waals surface area contributed by atoms with E-state index in [1.165, 1.54) is 24.4 Å². The normalized spacial score (nSPS) is 16.8.